The number of hydrogen-bond donors (Lipinski definition) is 0. The van der Waals surface area contributed by atoms with Crippen LogP contribution in [-0.4, -0.2) is 32.1 Å². The molecule has 94 valence electrons. The SMILES string of the molecule is COc1cc(S(=O)(=O)CCCl)ccc1[N+](=O)[O-]. The van der Waals surface area contributed by atoms with Gasteiger partial charge in [0.15, 0.2) is 15.6 Å². The topological polar surface area (TPSA) is 86.5 Å². The first-order valence-electron chi connectivity index (χ1n) is 4.53. The van der Waals surface area contributed by atoms with Crippen molar-refractivity contribution in [1.29, 1.82) is 0 Å². The molecule has 1 aromatic rings. The Morgan fingerprint density at radius 2 is 2.12 bits per heavy atom. The Kier molecular flexibility index (Phi) is 4.30. The Morgan fingerprint density at radius 1 is 1.47 bits per heavy atom. The summed E-state index contributed by atoms with van der Waals surface area (Å²) in [6, 6.07) is 3.39. The van der Waals surface area contributed by atoms with Crippen LogP contribution in [0.5, 0.6) is 5.75 Å². The molecule has 0 aliphatic heterocycles. The van der Waals surface area contributed by atoms with Crippen molar-refractivity contribution in [2.75, 3.05) is 18.7 Å². The van der Waals surface area contributed by atoms with Gasteiger partial charge in [-0.1, -0.05) is 0 Å². The number of nitro groups is 1. The number of ether oxygens (including phenoxy) is 1. The highest BCUT2D eigenvalue weighted by Gasteiger charge is 2.20. The highest BCUT2D eigenvalue weighted by molar-refractivity contribution is 7.91. The molecule has 8 heteroatoms. The van der Waals surface area contributed by atoms with E-state index in [0.717, 1.165) is 12.1 Å². The predicted octanol–water partition coefficient (Wildman–Crippen LogP) is 1.62. The van der Waals surface area contributed by atoms with E-state index in [1.807, 2.05) is 0 Å². The van der Waals surface area contributed by atoms with Gasteiger partial charge in [-0.05, 0) is 6.07 Å². The number of hydrogen-bond acceptors (Lipinski definition) is 5. The Balaban J connectivity index is 3.27. The van der Waals surface area contributed by atoms with E-state index in [4.69, 9.17) is 16.3 Å². The highest BCUT2D eigenvalue weighted by Crippen LogP contribution is 2.29. The van der Waals surface area contributed by atoms with Gasteiger partial charge in [-0.15, -0.1) is 11.6 Å². The summed E-state index contributed by atoms with van der Waals surface area (Å²) in [5.41, 5.74) is -0.280. The van der Waals surface area contributed by atoms with E-state index in [0.29, 0.717) is 0 Å². The molecule has 0 spiro atoms. The predicted molar refractivity (Wildman–Crippen MR) is 62.4 cm³/mol. The molecule has 0 aliphatic rings. The van der Waals surface area contributed by atoms with Crippen molar-refractivity contribution in [1.82, 2.24) is 0 Å². The van der Waals surface area contributed by atoms with Crippen LogP contribution in [0.2, 0.25) is 0 Å². The number of benzene rings is 1. The lowest BCUT2D eigenvalue weighted by atomic mass is 10.3. The smallest absolute Gasteiger partial charge is 0.310 e. The zero-order valence-corrected chi connectivity index (χ0v) is 10.5. The summed E-state index contributed by atoms with van der Waals surface area (Å²) in [6.07, 6.45) is 0. The minimum Gasteiger partial charge on any atom is -0.490 e. The number of nitro benzene ring substituents is 1. The summed E-state index contributed by atoms with van der Waals surface area (Å²) >= 11 is 5.37. The van der Waals surface area contributed by atoms with Crippen molar-refractivity contribution in [3.63, 3.8) is 0 Å². The fourth-order valence-electron chi connectivity index (χ4n) is 1.22. The number of halogens is 1. The first-order chi connectivity index (χ1) is 7.92. The average Bonchev–Trinajstić information content (AvgIpc) is 2.27. The zero-order chi connectivity index (χ0) is 13.1. The zero-order valence-electron chi connectivity index (χ0n) is 8.92. The monoisotopic (exact) mass is 279 g/mol. The molecule has 0 heterocycles. The second-order valence-corrected chi connectivity index (χ2v) is 5.59. The van der Waals surface area contributed by atoms with Crippen LogP contribution in [0.1, 0.15) is 0 Å². The van der Waals surface area contributed by atoms with Crippen molar-refractivity contribution < 1.29 is 18.1 Å². The molecule has 17 heavy (non-hydrogen) atoms. The van der Waals surface area contributed by atoms with E-state index >= 15 is 0 Å². The molecule has 0 fully saturated rings. The van der Waals surface area contributed by atoms with Crippen LogP contribution < -0.4 is 4.74 Å². The van der Waals surface area contributed by atoms with Gasteiger partial charge in [0.25, 0.3) is 0 Å². The lowest BCUT2D eigenvalue weighted by Crippen LogP contribution is -2.08. The maximum atomic E-state index is 11.7. The Hall–Kier alpha value is -1.34. The molecule has 0 unspecified atom stereocenters. The van der Waals surface area contributed by atoms with Crippen LogP contribution in [0.3, 0.4) is 0 Å². The van der Waals surface area contributed by atoms with Gasteiger partial charge in [0.1, 0.15) is 0 Å². The lowest BCUT2D eigenvalue weighted by molar-refractivity contribution is -0.385. The molecule has 6 nitrogen and oxygen atoms in total. The fraction of sp³-hybridized carbons (Fsp3) is 0.333. The van der Waals surface area contributed by atoms with Crippen molar-refractivity contribution in [2.45, 2.75) is 4.90 Å². The van der Waals surface area contributed by atoms with Gasteiger partial charge in [-0.25, -0.2) is 8.42 Å². The number of sulfone groups is 1. The standard InChI is InChI=1S/C9H10ClNO5S/c1-16-9-6-7(17(14,15)5-4-10)2-3-8(9)11(12)13/h2-3,6H,4-5H2,1H3. The average molecular weight is 280 g/mol. The van der Waals surface area contributed by atoms with E-state index in [-0.39, 0.29) is 28.0 Å². The third-order valence-corrected chi connectivity index (χ3v) is 4.18. The lowest BCUT2D eigenvalue weighted by Gasteiger charge is -2.05. The van der Waals surface area contributed by atoms with Crippen LogP contribution in [-0.2, 0) is 9.84 Å². The second-order valence-electron chi connectivity index (χ2n) is 3.10. The molecule has 0 bridgehead atoms. The van der Waals surface area contributed by atoms with Gasteiger partial charge in [0.2, 0.25) is 0 Å². The van der Waals surface area contributed by atoms with Crippen molar-refractivity contribution >= 4 is 27.1 Å². The first-order valence-corrected chi connectivity index (χ1v) is 6.72. The molecule has 0 amide bonds. The Labute approximate surface area is 103 Å². The summed E-state index contributed by atoms with van der Waals surface area (Å²) in [6.45, 7) is 0. The van der Waals surface area contributed by atoms with Crippen LogP contribution in [0.4, 0.5) is 5.69 Å². The summed E-state index contributed by atoms with van der Waals surface area (Å²) < 4.78 is 28.1. The van der Waals surface area contributed by atoms with Gasteiger partial charge in [-0.3, -0.25) is 10.1 Å². The van der Waals surface area contributed by atoms with Gasteiger partial charge < -0.3 is 4.74 Å². The van der Waals surface area contributed by atoms with E-state index in [9.17, 15) is 18.5 Å². The quantitative estimate of drug-likeness (QED) is 0.464. The highest BCUT2D eigenvalue weighted by atomic mass is 35.5. The maximum absolute atomic E-state index is 11.7. The Bertz CT molecular complexity index is 528. The molecule has 1 aromatic carbocycles. The van der Waals surface area contributed by atoms with E-state index < -0.39 is 14.8 Å². The summed E-state index contributed by atoms with van der Waals surface area (Å²) in [5, 5.41) is 10.6. The molecular formula is C9H10ClNO5S. The van der Waals surface area contributed by atoms with Gasteiger partial charge in [0, 0.05) is 18.0 Å². The molecule has 0 saturated heterocycles. The summed E-state index contributed by atoms with van der Waals surface area (Å²) in [4.78, 5) is 9.94. The molecule has 0 aliphatic carbocycles. The van der Waals surface area contributed by atoms with E-state index in [1.54, 1.807) is 0 Å². The fourth-order valence-corrected chi connectivity index (χ4v) is 2.83. The maximum Gasteiger partial charge on any atom is 0.310 e. The van der Waals surface area contributed by atoms with Crippen molar-refractivity contribution in [3.05, 3.63) is 28.3 Å². The molecular weight excluding hydrogens is 270 g/mol. The minimum absolute atomic E-state index is 0.0400. The normalized spacial score (nSPS) is 11.2. The molecule has 0 atom stereocenters. The van der Waals surface area contributed by atoms with Crippen LogP contribution in [0.15, 0.2) is 23.1 Å². The molecule has 0 radical (unpaired) electrons. The van der Waals surface area contributed by atoms with Crippen LogP contribution in [0, 0.1) is 10.1 Å². The van der Waals surface area contributed by atoms with Crippen molar-refractivity contribution in [2.24, 2.45) is 0 Å². The van der Waals surface area contributed by atoms with Gasteiger partial charge in [-0.2, -0.15) is 0 Å². The Morgan fingerprint density at radius 3 is 2.59 bits per heavy atom. The third-order valence-electron chi connectivity index (χ3n) is 2.05. The summed E-state index contributed by atoms with van der Waals surface area (Å²) in [7, 11) is -2.28. The minimum atomic E-state index is -3.52. The number of methoxy groups -OCH3 is 1. The molecule has 0 aromatic heterocycles. The number of alkyl halides is 1. The summed E-state index contributed by atoms with van der Waals surface area (Å²) in [5.74, 6) is -0.359. The number of rotatable bonds is 5. The largest absolute Gasteiger partial charge is 0.490 e. The van der Waals surface area contributed by atoms with E-state index in [2.05, 4.69) is 0 Å². The van der Waals surface area contributed by atoms with Gasteiger partial charge >= 0.3 is 5.69 Å². The first kappa shape index (κ1) is 13.7. The molecule has 0 N–H and O–H groups in total. The van der Waals surface area contributed by atoms with Crippen LogP contribution >= 0.6 is 11.6 Å². The van der Waals surface area contributed by atoms with Crippen LogP contribution in [0.25, 0.3) is 0 Å². The molecule has 1 rings (SSSR count). The second kappa shape index (κ2) is 5.33. The van der Waals surface area contributed by atoms with Crippen molar-refractivity contribution in [3.8, 4) is 5.75 Å². The van der Waals surface area contributed by atoms with E-state index in [1.165, 1.54) is 13.2 Å². The molecule has 0 saturated carbocycles. The number of nitrogens with zero attached hydrogens (tertiary/aromatic N) is 1. The van der Waals surface area contributed by atoms with Gasteiger partial charge in [0.05, 0.1) is 22.7 Å². The third kappa shape index (κ3) is 3.07.